The zero-order valence-corrected chi connectivity index (χ0v) is 16.1. The maximum absolute atomic E-state index is 11.6. The minimum Gasteiger partial charge on any atom is -0.346 e. The summed E-state index contributed by atoms with van der Waals surface area (Å²) in [6, 6.07) is 14.0. The Morgan fingerprint density at radius 3 is 2.68 bits per heavy atom. The summed E-state index contributed by atoms with van der Waals surface area (Å²) >= 11 is 7.88. The summed E-state index contributed by atoms with van der Waals surface area (Å²) in [5.41, 5.74) is 3.58. The molecule has 1 atom stereocenters. The van der Waals surface area contributed by atoms with Crippen LogP contribution in [0.5, 0.6) is 0 Å². The summed E-state index contributed by atoms with van der Waals surface area (Å²) in [5, 5.41) is 13.5. The van der Waals surface area contributed by atoms with Crippen molar-refractivity contribution in [2.24, 2.45) is 0 Å². The van der Waals surface area contributed by atoms with Crippen molar-refractivity contribution in [3.05, 3.63) is 64.2 Å². The zero-order valence-electron chi connectivity index (χ0n) is 14.5. The number of nitrogens with zero attached hydrogens (tertiary/aromatic N) is 2. The van der Waals surface area contributed by atoms with Crippen molar-refractivity contribution in [3.8, 4) is 0 Å². The van der Waals surface area contributed by atoms with Crippen LogP contribution in [0.3, 0.4) is 0 Å². The topological polar surface area (TPSA) is 26.5 Å². The van der Waals surface area contributed by atoms with Crippen LogP contribution in [0.4, 0.5) is 5.69 Å². The van der Waals surface area contributed by atoms with E-state index in [1.165, 1.54) is 16.8 Å². The second kappa shape index (κ2) is 6.35. The summed E-state index contributed by atoms with van der Waals surface area (Å²) in [4.78, 5) is 2.28. The highest BCUT2D eigenvalue weighted by Gasteiger charge is 2.53. The Morgan fingerprint density at radius 2 is 1.92 bits per heavy atom. The molecule has 0 saturated heterocycles. The van der Waals surface area contributed by atoms with Gasteiger partial charge in [0.1, 0.15) is 5.69 Å². The van der Waals surface area contributed by atoms with Gasteiger partial charge in [0, 0.05) is 16.3 Å². The normalized spacial score (nSPS) is 23.1. The van der Waals surface area contributed by atoms with Crippen molar-refractivity contribution in [2.75, 3.05) is 23.7 Å². The van der Waals surface area contributed by atoms with Crippen LogP contribution in [0.15, 0.2) is 42.5 Å². The first-order valence-electron chi connectivity index (χ1n) is 8.60. The summed E-state index contributed by atoms with van der Waals surface area (Å²) in [5.74, 6) is 1.09. The van der Waals surface area contributed by atoms with Crippen LogP contribution >= 0.6 is 23.4 Å². The second-order valence-corrected chi connectivity index (χ2v) is 8.26. The fourth-order valence-electron chi connectivity index (χ4n) is 3.68. The van der Waals surface area contributed by atoms with E-state index in [-0.39, 0.29) is 0 Å². The molecule has 2 aromatic rings. The maximum atomic E-state index is 11.6. The molecule has 0 spiro atoms. The van der Waals surface area contributed by atoms with Crippen molar-refractivity contribution in [1.29, 1.82) is 0 Å². The number of amidine groups is 1. The van der Waals surface area contributed by atoms with Gasteiger partial charge in [-0.25, -0.2) is 9.48 Å². The van der Waals surface area contributed by atoms with Gasteiger partial charge < -0.3 is 5.11 Å². The molecule has 0 bridgehead atoms. The first kappa shape index (κ1) is 17.0. The molecule has 0 aliphatic carbocycles. The lowest BCUT2D eigenvalue weighted by Crippen LogP contribution is -2.41. The molecule has 3 nitrogen and oxygen atoms in total. The number of benzene rings is 2. The Kier molecular flexibility index (Phi) is 4.30. The predicted molar refractivity (Wildman–Crippen MR) is 106 cm³/mol. The number of hydrogen-bond donors (Lipinski definition) is 1. The van der Waals surface area contributed by atoms with E-state index < -0.39 is 5.72 Å². The van der Waals surface area contributed by atoms with E-state index in [1.54, 1.807) is 0 Å². The predicted octanol–water partition coefficient (Wildman–Crippen LogP) is 4.13. The van der Waals surface area contributed by atoms with Gasteiger partial charge in [-0.3, -0.25) is 0 Å². The van der Waals surface area contributed by atoms with Crippen molar-refractivity contribution in [2.45, 2.75) is 26.0 Å². The second-order valence-electron chi connectivity index (χ2n) is 6.76. The van der Waals surface area contributed by atoms with Gasteiger partial charge in [0.15, 0.2) is 6.54 Å². The number of β-amino-alcohol motifs (C(OH)–C–C–N with tert-alkyl or cyclic N) is 1. The lowest BCUT2D eigenvalue weighted by Gasteiger charge is -2.24. The summed E-state index contributed by atoms with van der Waals surface area (Å²) in [7, 11) is 0. The molecule has 0 radical (unpaired) electrons. The van der Waals surface area contributed by atoms with Crippen LogP contribution in [-0.2, 0) is 5.72 Å². The molecule has 0 aromatic heterocycles. The molecule has 0 unspecified atom stereocenters. The average molecular weight is 374 g/mol. The fraction of sp³-hybridized carbons (Fsp3) is 0.350. The van der Waals surface area contributed by atoms with E-state index in [2.05, 4.69) is 41.5 Å². The molecular formula is C20H22ClN2OS+. The SMILES string of the molecule is Cc1cccc(N2C[C@@](O)(c3ccc(Cl)cc3)[N+]3=C2SCCC3)c1C. The van der Waals surface area contributed by atoms with E-state index in [4.69, 9.17) is 11.6 Å². The third-order valence-electron chi connectivity index (χ3n) is 5.22. The van der Waals surface area contributed by atoms with Gasteiger partial charge in [-0.2, -0.15) is 0 Å². The van der Waals surface area contributed by atoms with Crippen LogP contribution in [0.2, 0.25) is 5.02 Å². The highest BCUT2D eigenvalue weighted by atomic mass is 35.5. The number of anilines is 1. The number of aliphatic hydroxyl groups is 1. The Balaban J connectivity index is 1.83. The monoisotopic (exact) mass is 373 g/mol. The number of hydrogen-bond acceptors (Lipinski definition) is 3. The average Bonchev–Trinajstić information content (AvgIpc) is 2.92. The standard InChI is InChI=1S/C20H22ClN2OS/c1-14-5-3-6-18(15(14)2)22-13-20(24,16-7-9-17(21)10-8-16)23-11-4-12-25-19(22)23/h3,5-10,24H,4,11-13H2,1-2H3/q+1/t20-/m1/s1. The molecular weight excluding hydrogens is 352 g/mol. The minimum absolute atomic E-state index is 0.529. The zero-order chi connectivity index (χ0) is 17.6. The molecule has 2 aliphatic heterocycles. The Hall–Kier alpha value is -1.49. The highest BCUT2D eigenvalue weighted by molar-refractivity contribution is 8.13. The largest absolute Gasteiger partial charge is 0.346 e. The first-order chi connectivity index (χ1) is 12.0. The van der Waals surface area contributed by atoms with Crippen LogP contribution in [-0.4, -0.2) is 33.7 Å². The van der Waals surface area contributed by atoms with E-state index in [0.29, 0.717) is 11.6 Å². The van der Waals surface area contributed by atoms with Crippen molar-refractivity contribution in [1.82, 2.24) is 0 Å². The molecule has 1 N–H and O–H groups in total. The molecule has 2 heterocycles. The van der Waals surface area contributed by atoms with Crippen LogP contribution in [0.1, 0.15) is 23.1 Å². The van der Waals surface area contributed by atoms with Gasteiger partial charge in [-0.15, -0.1) is 0 Å². The first-order valence-corrected chi connectivity index (χ1v) is 9.96. The lowest BCUT2D eigenvalue weighted by atomic mass is 10.0. The third-order valence-corrected chi connectivity index (χ3v) is 6.66. The van der Waals surface area contributed by atoms with E-state index >= 15 is 0 Å². The summed E-state index contributed by atoms with van der Waals surface area (Å²) < 4.78 is 2.16. The van der Waals surface area contributed by atoms with Crippen molar-refractivity contribution < 1.29 is 9.68 Å². The van der Waals surface area contributed by atoms with Gasteiger partial charge in [0.05, 0.1) is 6.54 Å². The van der Waals surface area contributed by atoms with Crippen LogP contribution in [0.25, 0.3) is 0 Å². The van der Waals surface area contributed by atoms with Gasteiger partial charge in [0.2, 0.25) is 0 Å². The van der Waals surface area contributed by atoms with Crippen LogP contribution < -0.4 is 4.90 Å². The Bertz CT molecular complexity index is 849. The number of rotatable bonds is 2. The Labute approximate surface area is 157 Å². The van der Waals surface area contributed by atoms with E-state index in [9.17, 15) is 5.11 Å². The van der Waals surface area contributed by atoms with E-state index in [0.717, 1.165) is 29.4 Å². The third kappa shape index (κ3) is 2.77. The summed E-state index contributed by atoms with van der Waals surface area (Å²) in [6.45, 7) is 5.68. The minimum atomic E-state index is -1.02. The maximum Gasteiger partial charge on any atom is 0.316 e. The molecule has 0 amide bonds. The van der Waals surface area contributed by atoms with E-state index in [1.807, 2.05) is 36.0 Å². The number of aryl methyl sites for hydroxylation is 1. The number of halogens is 1. The molecule has 4 rings (SSSR count). The van der Waals surface area contributed by atoms with Crippen molar-refractivity contribution in [3.63, 3.8) is 0 Å². The molecule has 0 saturated carbocycles. The smallest absolute Gasteiger partial charge is 0.316 e. The van der Waals surface area contributed by atoms with Gasteiger partial charge in [-0.1, -0.05) is 35.9 Å². The molecule has 25 heavy (non-hydrogen) atoms. The van der Waals surface area contributed by atoms with Gasteiger partial charge in [0.25, 0.3) is 5.72 Å². The molecule has 0 fully saturated rings. The van der Waals surface area contributed by atoms with Gasteiger partial charge in [-0.05, 0) is 61.4 Å². The van der Waals surface area contributed by atoms with Gasteiger partial charge >= 0.3 is 5.17 Å². The summed E-state index contributed by atoms with van der Waals surface area (Å²) in [6.07, 6.45) is 1.07. The lowest BCUT2D eigenvalue weighted by molar-refractivity contribution is -0.656. The molecule has 130 valence electrons. The molecule has 5 heteroatoms. The molecule has 2 aromatic carbocycles. The fourth-order valence-corrected chi connectivity index (χ4v) is 4.98. The number of thioether (sulfide) groups is 1. The van der Waals surface area contributed by atoms with Crippen molar-refractivity contribution >= 4 is 34.2 Å². The Morgan fingerprint density at radius 1 is 1.16 bits per heavy atom. The van der Waals surface area contributed by atoms with Crippen LogP contribution in [0, 0.1) is 13.8 Å². The quantitative estimate of drug-likeness (QED) is 0.802. The highest BCUT2D eigenvalue weighted by Crippen LogP contribution is 2.39. The molecule has 2 aliphatic rings.